The number of halogens is 1. The number of hydrogen-bond acceptors (Lipinski definition) is 3. The zero-order chi connectivity index (χ0) is 13.0. The molecule has 0 aromatic carbocycles. The van der Waals surface area contributed by atoms with E-state index >= 15 is 0 Å². The predicted octanol–water partition coefficient (Wildman–Crippen LogP) is 2.71. The van der Waals surface area contributed by atoms with Gasteiger partial charge in [-0.2, -0.15) is 0 Å². The molecular weight excluding hydrogens is 280 g/mol. The van der Waals surface area contributed by atoms with Crippen molar-refractivity contribution in [3.63, 3.8) is 0 Å². The molecule has 0 saturated carbocycles. The third-order valence-corrected chi connectivity index (χ3v) is 4.76. The van der Waals surface area contributed by atoms with Gasteiger partial charge in [-0.15, -0.1) is 23.7 Å². The van der Waals surface area contributed by atoms with Gasteiger partial charge in [0.25, 0.3) is 0 Å². The molecule has 2 heterocycles. The lowest BCUT2D eigenvalue weighted by Gasteiger charge is -2.27. The SMILES string of the molecule is CC(C)(CNC(=O)[C@@H]1CCCCN1)c1cccs1.Cl. The second-order valence-corrected chi connectivity index (χ2v) is 6.53. The van der Waals surface area contributed by atoms with E-state index in [1.165, 1.54) is 11.3 Å². The summed E-state index contributed by atoms with van der Waals surface area (Å²) >= 11 is 1.75. The molecule has 2 rings (SSSR count). The molecule has 0 bridgehead atoms. The monoisotopic (exact) mass is 302 g/mol. The number of rotatable bonds is 4. The highest BCUT2D eigenvalue weighted by Gasteiger charge is 2.25. The summed E-state index contributed by atoms with van der Waals surface area (Å²) in [6.07, 6.45) is 3.30. The van der Waals surface area contributed by atoms with Gasteiger partial charge in [0.05, 0.1) is 6.04 Å². The highest BCUT2D eigenvalue weighted by Crippen LogP contribution is 2.26. The molecule has 1 atom stereocenters. The Hall–Kier alpha value is -0.580. The van der Waals surface area contributed by atoms with Crippen LogP contribution in [0.4, 0.5) is 0 Å². The van der Waals surface area contributed by atoms with Crippen molar-refractivity contribution in [1.82, 2.24) is 10.6 Å². The zero-order valence-electron chi connectivity index (χ0n) is 11.6. The summed E-state index contributed by atoms with van der Waals surface area (Å²) in [7, 11) is 0. The maximum Gasteiger partial charge on any atom is 0.237 e. The molecule has 1 aromatic heterocycles. The quantitative estimate of drug-likeness (QED) is 0.898. The minimum absolute atomic E-state index is 0. The van der Waals surface area contributed by atoms with E-state index in [0.717, 1.165) is 19.4 Å². The van der Waals surface area contributed by atoms with Crippen LogP contribution in [-0.2, 0) is 10.2 Å². The van der Waals surface area contributed by atoms with Gasteiger partial charge in [0.2, 0.25) is 5.91 Å². The first-order valence-electron chi connectivity index (χ1n) is 6.65. The zero-order valence-corrected chi connectivity index (χ0v) is 13.2. The molecule has 1 aliphatic heterocycles. The van der Waals surface area contributed by atoms with Gasteiger partial charge in [-0.1, -0.05) is 26.3 Å². The summed E-state index contributed by atoms with van der Waals surface area (Å²) in [4.78, 5) is 13.4. The Morgan fingerprint density at radius 2 is 2.32 bits per heavy atom. The van der Waals surface area contributed by atoms with Gasteiger partial charge in [0.15, 0.2) is 0 Å². The first kappa shape index (κ1) is 16.5. The van der Waals surface area contributed by atoms with Crippen molar-refractivity contribution in [1.29, 1.82) is 0 Å². The van der Waals surface area contributed by atoms with Crippen LogP contribution in [0.25, 0.3) is 0 Å². The van der Waals surface area contributed by atoms with Crippen molar-refractivity contribution in [2.45, 2.75) is 44.6 Å². The fourth-order valence-corrected chi connectivity index (χ4v) is 3.11. The van der Waals surface area contributed by atoms with Crippen LogP contribution in [-0.4, -0.2) is 25.0 Å². The fraction of sp³-hybridized carbons (Fsp3) is 0.643. The number of hydrogen-bond donors (Lipinski definition) is 2. The van der Waals surface area contributed by atoms with Crippen molar-refractivity contribution < 1.29 is 4.79 Å². The van der Waals surface area contributed by atoms with Gasteiger partial charge in [0, 0.05) is 16.8 Å². The minimum Gasteiger partial charge on any atom is -0.354 e. The predicted molar refractivity (Wildman–Crippen MR) is 83.2 cm³/mol. The van der Waals surface area contributed by atoms with Crippen LogP contribution in [0.2, 0.25) is 0 Å². The highest BCUT2D eigenvalue weighted by atomic mass is 35.5. The van der Waals surface area contributed by atoms with Crippen molar-refractivity contribution in [2.24, 2.45) is 0 Å². The van der Waals surface area contributed by atoms with Crippen molar-refractivity contribution in [2.75, 3.05) is 13.1 Å². The Bertz CT molecular complexity index is 386. The molecule has 1 amide bonds. The van der Waals surface area contributed by atoms with Crippen LogP contribution in [0, 0.1) is 0 Å². The van der Waals surface area contributed by atoms with E-state index in [9.17, 15) is 4.79 Å². The van der Waals surface area contributed by atoms with E-state index in [2.05, 4.69) is 42.0 Å². The Kier molecular flexibility index (Phi) is 6.30. The maximum absolute atomic E-state index is 12.0. The average molecular weight is 303 g/mol. The summed E-state index contributed by atoms with van der Waals surface area (Å²) in [5.74, 6) is 0.152. The third kappa shape index (κ3) is 4.48. The Labute approximate surface area is 125 Å². The average Bonchev–Trinajstić information content (AvgIpc) is 2.92. The van der Waals surface area contributed by atoms with Gasteiger partial charge in [-0.05, 0) is 30.8 Å². The Morgan fingerprint density at radius 3 is 2.89 bits per heavy atom. The van der Waals surface area contributed by atoms with Crippen LogP contribution >= 0.6 is 23.7 Å². The molecule has 0 radical (unpaired) electrons. The topological polar surface area (TPSA) is 41.1 Å². The summed E-state index contributed by atoms with van der Waals surface area (Å²) in [6, 6.07) is 4.21. The first-order valence-corrected chi connectivity index (χ1v) is 7.53. The Morgan fingerprint density at radius 1 is 1.53 bits per heavy atom. The molecule has 2 N–H and O–H groups in total. The lowest BCUT2D eigenvalue weighted by Crippen LogP contribution is -2.49. The van der Waals surface area contributed by atoms with E-state index in [0.29, 0.717) is 6.54 Å². The van der Waals surface area contributed by atoms with Gasteiger partial charge in [0.1, 0.15) is 0 Å². The normalized spacial score (nSPS) is 19.6. The number of piperidine rings is 1. The van der Waals surface area contributed by atoms with Gasteiger partial charge < -0.3 is 10.6 Å². The van der Waals surface area contributed by atoms with Crippen molar-refractivity contribution in [3.05, 3.63) is 22.4 Å². The number of carbonyl (C=O) groups is 1. The molecular formula is C14H23ClN2OS. The molecule has 0 spiro atoms. The molecule has 0 aliphatic carbocycles. The van der Waals surface area contributed by atoms with E-state index in [-0.39, 0.29) is 29.8 Å². The maximum atomic E-state index is 12.0. The van der Waals surface area contributed by atoms with Crippen molar-refractivity contribution >= 4 is 29.7 Å². The van der Waals surface area contributed by atoms with E-state index in [1.54, 1.807) is 11.3 Å². The molecule has 19 heavy (non-hydrogen) atoms. The van der Waals surface area contributed by atoms with E-state index in [1.807, 2.05) is 0 Å². The third-order valence-electron chi connectivity index (χ3n) is 3.52. The van der Waals surface area contributed by atoms with Crippen LogP contribution in [0.15, 0.2) is 17.5 Å². The van der Waals surface area contributed by atoms with Crippen LogP contribution in [0.1, 0.15) is 38.0 Å². The van der Waals surface area contributed by atoms with E-state index < -0.39 is 0 Å². The number of amides is 1. The summed E-state index contributed by atoms with van der Waals surface area (Å²) < 4.78 is 0. The fourth-order valence-electron chi connectivity index (χ4n) is 2.26. The van der Waals surface area contributed by atoms with Gasteiger partial charge in [-0.3, -0.25) is 4.79 Å². The molecule has 0 unspecified atom stereocenters. The largest absolute Gasteiger partial charge is 0.354 e. The lowest BCUT2D eigenvalue weighted by atomic mass is 9.91. The Balaban J connectivity index is 0.00000180. The summed E-state index contributed by atoms with van der Waals surface area (Å²) in [6.45, 7) is 6.01. The molecule has 5 heteroatoms. The standard InChI is InChI=1S/C14H22N2OS.ClH/c1-14(2,12-7-5-9-18-12)10-16-13(17)11-6-3-4-8-15-11;/h5,7,9,11,15H,3-4,6,8,10H2,1-2H3,(H,16,17);1H/t11-;/m0./s1. The summed E-state index contributed by atoms with van der Waals surface area (Å²) in [5.41, 5.74) is 0.0124. The van der Waals surface area contributed by atoms with Crippen LogP contribution in [0.5, 0.6) is 0 Å². The van der Waals surface area contributed by atoms with Crippen molar-refractivity contribution in [3.8, 4) is 0 Å². The number of thiophene rings is 1. The lowest BCUT2D eigenvalue weighted by molar-refractivity contribution is -0.123. The van der Waals surface area contributed by atoms with Gasteiger partial charge >= 0.3 is 0 Å². The number of carbonyl (C=O) groups excluding carboxylic acids is 1. The minimum atomic E-state index is 0. The van der Waals surface area contributed by atoms with Crippen LogP contribution < -0.4 is 10.6 Å². The van der Waals surface area contributed by atoms with E-state index in [4.69, 9.17) is 0 Å². The number of nitrogens with one attached hydrogen (secondary N) is 2. The first-order chi connectivity index (χ1) is 8.59. The molecule has 1 aromatic rings. The smallest absolute Gasteiger partial charge is 0.237 e. The second kappa shape index (κ2) is 7.27. The molecule has 1 fully saturated rings. The second-order valence-electron chi connectivity index (χ2n) is 5.58. The molecule has 1 aliphatic rings. The molecule has 108 valence electrons. The summed E-state index contributed by atoms with van der Waals surface area (Å²) in [5, 5.41) is 8.45. The van der Waals surface area contributed by atoms with Crippen LogP contribution in [0.3, 0.4) is 0 Å². The van der Waals surface area contributed by atoms with Gasteiger partial charge in [-0.25, -0.2) is 0 Å². The molecule has 1 saturated heterocycles. The molecule has 3 nitrogen and oxygen atoms in total. The highest BCUT2D eigenvalue weighted by molar-refractivity contribution is 7.10.